The summed E-state index contributed by atoms with van der Waals surface area (Å²) in [5.74, 6) is 3.03. The summed E-state index contributed by atoms with van der Waals surface area (Å²) < 4.78 is 6.02. The second kappa shape index (κ2) is 9.85. The first-order valence-electron chi connectivity index (χ1n) is 14.4. The van der Waals surface area contributed by atoms with Crippen molar-refractivity contribution in [1.82, 2.24) is 15.2 Å². The van der Waals surface area contributed by atoms with Crippen molar-refractivity contribution in [2.75, 3.05) is 19.6 Å². The summed E-state index contributed by atoms with van der Waals surface area (Å²) in [6.07, 6.45) is 9.34. The van der Waals surface area contributed by atoms with Crippen LogP contribution in [0.25, 0.3) is 0 Å². The first-order chi connectivity index (χ1) is 18.7. The molecule has 8 rings (SSSR count). The number of amides is 1. The van der Waals surface area contributed by atoms with Crippen molar-refractivity contribution in [3.63, 3.8) is 0 Å². The van der Waals surface area contributed by atoms with Crippen molar-refractivity contribution in [1.29, 1.82) is 0 Å². The standard InChI is InChI=1S/C33H37N3O2/c37-32(35-31-21-36-17-14-24(31)15-18-36)25-5-8-26(9-6-25)33(20-23-4-7-28(33)19-23)27-10-12-30(13-11-27)38-22-29-3-1-2-16-34-29/h1-3,5-6,8-13,16,23-24,28,31H,4,7,14-15,17-22H2,(H,35,37)/t23-,28+,31+,33-/m1/s1. The lowest BCUT2D eigenvalue weighted by molar-refractivity contribution is 0.0620. The minimum absolute atomic E-state index is 0.0211. The van der Waals surface area contributed by atoms with Crippen molar-refractivity contribution < 1.29 is 9.53 Å². The molecule has 5 fully saturated rings. The van der Waals surface area contributed by atoms with Gasteiger partial charge in [0, 0.05) is 29.8 Å². The molecular weight excluding hydrogens is 470 g/mol. The molecule has 4 heterocycles. The third-order valence-corrected chi connectivity index (χ3v) is 9.97. The summed E-state index contributed by atoms with van der Waals surface area (Å²) in [5, 5.41) is 3.35. The van der Waals surface area contributed by atoms with E-state index in [0.29, 0.717) is 24.5 Å². The Morgan fingerprint density at radius 1 is 0.947 bits per heavy atom. The van der Waals surface area contributed by atoms with Crippen LogP contribution in [0.1, 0.15) is 65.7 Å². The van der Waals surface area contributed by atoms with Gasteiger partial charge in [0.25, 0.3) is 5.91 Å². The van der Waals surface area contributed by atoms with E-state index in [1.54, 1.807) is 6.20 Å². The second-order valence-electron chi connectivity index (χ2n) is 12.0. The Hall–Kier alpha value is -3.18. The number of nitrogens with one attached hydrogen (secondary N) is 1. The van der Waals surface area contributed by atoms with Crippen LogP contribution in [0, 0.1) is 17.8 Å². The number of hydrogen-bond donors (Lipinski definition) is 1. The molecule has 1 aromatic heterocycles. The number of carbonyl (C=O) groups excluding carboxylic acids is 1. The summed E-state index contributed by atoms with van der Waals surface area (Å²) in [5.41, 5.74) is 4.46. The van der Waals surface area contributed by atoms with Crippen LogP contribution in [0.15, 0.2) is 72.9 Å². The lowest BCUT2D eigenvalue weighted by Crippen LogP contribution is -2.57. The van der Waals surface area contributed by atoms with Gasteiger partial charge in [-0.1, -0.05) is 36.8 Å². The molecule has 5 aliphatic rings. The number of aromatic nitrogens is 1. The molecule has 196 valence electrons. The maximum atomic E-state index is 13.2. The maximum Gasteiger partial charge on any atom is 0.251 e. The molecule has 2 aromatic carbocycles. The number of fused-ring (bicyclic) bond motifs is 5. The zero-order chi connectivity index (χ0) is 25.5. The first kappa shape index (κ1) is 23.9. The summed E-state index contributed by atoms with van der Waals surface area (Å²) in [7, 11) is 0. The van der Waals surface area contributed by atoms with Crippen LogP contribution in [-0.4, -0.2) is 41.5 Å². The average Bonchev–Trinajstić information content (AvgIpc) is 3.60. The minimum Gasteiger partial charge on any atom is -0.487 e. The fourth-order valence-corrected chi connectivity index (χ4v) is 7.99. The molecule has 4 atom stereocenters. The van der Waals surface area contributed by atoms with Gasteiger partial charge >= 0.3 is 0 Å². The number of ether oxygens (including phenoxy) is 1. The second-order valence-corrected chi connectivity index (χ2v) is 12.0. The highest BCUT2D eigenvalue weighted by Gasteiger charge is 2.52. The maximum absolute atomic E-state index is 13.2. The Balaban J connectivity index is 1.10. The van der Waals surface area contributed by atoms with Gasteiger partial charge in [-0.05, 0) is 110 Å². The molecule has 3 aliphatic heterocycles. The lowest BCUT2D eigenvalue weighted by Gasteiger charge is -2.45. The summed E-state index contributed by atoms with van der Waals surface area (Å²) in [6.45, 7) is 3.85. The molecule has 0 radical (unpaired) electrons. The van der Waals surface area contributed by atoms with E-state index in [1.807, 2.05) is 18.2 Å². The SMILES string of the molecule is O=C(N[C@H]1CN2CCC1CC2)c1ccc([C@@]2(c3ccc(OCc4ccccn4)cc3)C[C@@H]3CC[C@H]2C3)cc1. The number of pyridine rings is 1. The Kier molecular flexibility index (Phi) is 6.19. The molecule has 4 bridgehead atoms. The number of benzene rings is 2. The molecule has 0 spiro atoms. The zero-order valence-electron chi connectivity index (χ0n) is 22.0. The number of piperidine rings is 3. The highest BCUT2D eigenvalue weighted by atomic mass is 16.5. The first-order valence-corrected chi connectivity index (χ1v) is 14.4. The van der Waals surface area contributed by atoms with Gasteiger partial charge in [-0.15, -0.1) is 0 Å². The van der Waals surface area contributed by atoms with Gasteiger partial charge in [0.1, 0.15) is 12.4 Å². The molecule has 3 aromatic rings. The van der Waals surface area contributed by atoms with Crippen molar-refractivity contribution >= 4 is 5.91 Å². The van der Waals surface area contributed by atoms with Gasteiger partial charge in [-0.2, -0.15) is 0 Å². The van der Waals surface area contributed by atoms with Crippen LogP contribution in [0.3, 0.4) is 0 Å². The number of hydrogen-bond acceptors (Lipinski definition) is 4. The monoisotopic (exact) mass is 507 g/mol. The molecule has 5 nitrogen and oxygen atoms in total. The molecule has 5 heteroatoms. The van der Waals surface area contributed by atoms with Gasteiger partial charge in [-0.3, -0.25) is 9.78 Å². The van der Waals surface area contributed by atoms with Crippen LogP contribution in [0.2, 0.25) is 0 Å². The van der Waals surface area contributed by atoms with Crippen molar-refractivity contribution in [3.05, 3.63) is 95.3 Å². The molecule has 2 saturated carbocycles. The van der Waals surface area contributed by atoms with E-state index >= 15 is 0 Å². The molecule has 1 amide bonds. The van der Waals surface area contributed by atoms with Gasteiger partial charge in [0.05, 0.1) is 5.69 Å². The smallest absolute Gasteiger partial charge is 0.251 e. The Morgan fingerprint density at radius 2 is 1.71 bits per heavy atom. The van der Waals surface area contributed by atoms with Crippen LogP contribution >= 0.6 is 0 Å². The predicted molar refractivity (Wildman–Crippen MR) is 148 cm³/mol. The third-order valence-electron chi connectivity index (χ3n) is 9.97. The number of rotatable bonds is 7. The Labute approximate surface area is 225 Å². The average molecular weight is 508 g/mol. The fraction of sp³-hybridized carbons (Fsp3) is 0.455. The van der Waals surface area contributed by atoms with Gasteiger partial charge < -0.3 is 15.0 Å². The van der Waals surface area contributed by atoms with Crippen LogP contribution < -0.4 is 10.1 Å². The highest BCUT2D eigenvalue weighted by molar-refractivity contribution is 5.94. The van der Waals surface area contributed by atoms with E-state index in [2.05, 4.69) is 63.7 Å². The van der Waals surface area contributed by atoms with Gasteiger partial charge in [0.2, 0.25) is 0 Å². The van der Waals surface area contributed by atoms with Gasteiger partial charge in [0.15, 0.2) is 0 Å². The number of carbonyl (C=O) groups is 1. The van der Waals surface area contributed by atoms with Crippen molar-refractivity contribution in [2.24, 2.45) is 17.8 Å². The quantitative estimate of drug-likeness (QED) is 0.453. The summed E-state index contributed by atoms with van der Waals surface area (Å²) in [6, 6.07) is 23.5. The minimum atomic E-state index is 0.0211. The third kappa shape index (κ3) is 4.31. The zero-order valence-corrected chi connectivity index (χ0v) is 22.0. The Morgan fingerprint density at radius 3 is 2.32 bits per heavy atom. The molecule has 2 aliphatic carbocycles. The fourth-order valence-electron chi connectivity index (χ4n) is 7.99. The van der Waals surface area contributed by atoms with E-state index < -0.39 is 0 Å². The van der Waals surface area contributed by atoms with Crippen LogP contribution in [0.5, 0.6) is 5.75 Å². The molecule has 0 unspecified atom stereocenters. The van der Waals surface area contributed by atoms with Gasteiger partial charge in [-0.25, -0.2) is 0 Å². The lowest BCUT2D eigenvalue weighted by atomic mass is 9.64. The topological polar surface area (TPSA) is 54.5 Å². The summed E-state index contributed by atoms with van der Waals surface area (Å²) >= 11 is 0. The Bertz CT molecular complexity index is 1270. The van der Waals surface area contributed by atoms with Crippen LogP contribution in [-0.2, 0) is 12.0 Å². The molecular formula is C33H37N3O2. The van der Waals surface area contributed by atoms with Crippen molar-refractivity contribution in [3.8, 4) is 5.75 Å². The van der Waals surface area contributed by atoms with E-state index in [0.717, 1.165) is 29.5 Å². The molecule has 3 saturated heterocycles. The van der Waals surface area contributed by atoms with Crippen molar-refractivity contribution in [2.45, 2.75) is 56.6 Å². The molecule has 1 N–H and O–H groups in total. The largest absolute Gasteiger partial charge is 0.487 e. The number of nitrogens with zero attached hydrogens (tertiary/aromatic N) is 2. The summed E-state index contributed by atoms with van der Waals surface area (Å²) in [4.78, 5) is 20.0. The molecule has 38 heavy (non-hydrogen) atoms. The normalized spacial score (nSPS) is 31.3. The highest BCUT2D eigenvalue weighted by Crippen LogP contribution is 2.60. The van der Waals surface area contributed by atoms with E-state index in [9.17, 15) is 4.79 Å². The van der Waals surface area contributed by atoms with Crippen LogP contribution in [0.4, 0.5) is 0 Å². The van der Waals surface area contributed by atoms with E-state index in [4.69, 9.17) is 4.74 Å². The van der Waals surface area contributed by atoms with E-state index in [1.165, 1.54) is 62.7 Å². The van der Waals surface area contributed by atoms with E-state index in [-0.39, 0.29) is 11.3 Å². The predicted octanol–water partition coefficient (Wildman–Crippen LogP) is 5.59.